The molecule has 2 heterocycles. The highest BCUT2D eigenvalue weighted by molar-refractivity contribution is 8.00. The Kier molecular flexibility index (Phi) is 3.92. The van der Waals surface area contributed by atoms with E-state index in [4.69, 9.17) is 9.97 Å². The molecule has 2 aliphatic rings. The fourth-order valence-corrected chi connectivity index (χ4v) is 6.43. The van der Waals surface area contributed by atoms with Crippen molar-refractivity contribution >= 4 is 33.3 Å². The van der Waals surface area contributed by atoms with Crippen LogP contribution in [0.15, 0.2) is 5.03 Å². The fraction of sp³-hybridized carbons (Fsp3) is 0.647. The molecule has 0 amide bonds. The van der Waals surface area contributed by atoms with Gasteiger partial charge < -0.3 is 0 Å². The van der Waals surface area contributed by atoms with Crippen LogP contribution in [-0.2, 0) is 12.8 Å². The van der Waals surface area contributed by atoms with Crippen LogP contribution in [-0.4, -0.2) is 15.2 Å². The van der Waals surface area contributed by atoms with Crippen molar-refractivity contribution in [3.8, 4) is 0 Å². The van der Waals surface area contributed by atoms with Crippen LogP contribution in [0.4, 0.5) is 0 Å². The van der Waals surface area contributed by atoms with Gasteiger partial charge in [0.15, 0.2) is 0 Å². The lowest BCUT2D eigenvalue weighted by atomic mass is 9.97. The van der Waals surface area contributed by atoms with Crippen molar-refractivity contribution in [1.29, 1.82) is 0 Å². The van der Waals surface area contributed by atoms with Crippen LogP contribution in [0.25, 0.3) is 10.2 Å². The Balaban J connectivity index is 1.77. The third-order valence-corrected chi connectivity index (χ3v) is 7.23. The first-order valence-electron chi connectivity index (χ1n) is 8.27. The maximum absolute atomic E-state index is 4.83. The molecule has 4 rings (SSSR count). The third kappa shape index (κ3) is 2.72. The van der Waals surface area contributed by atoms with Gasteiger partial charge in [0.05, 0.1) is 0 Å². The molecule has 1 saturated carbocycles. The molecule has 0 radical (unpaired) electrons. The van der Waals surface area contributed by atoms with Gasteiger partial charge in [-0.2, -0.15) is 0 Å². The summed E-state index contributed by atoms with van der Waals surface area (Å²) in [5, 5.41) is 3.47. The SMILES string of the molecule is Cc1nc(SC2CCCCC2)c2c3c(sc2n1)CCCC3. The Hall–Kier alpha value is -0.610. The summed E-state index contributed by atoms with van der Waals surface area (Å²) in [6.07, 6.45) is 12.1. The summed E-state index contributed by atoms with van der Waals surface area (Å²) in [5.41, 5.74) is 1.58. The van der Waals surface area contributed by atoms with E-state index < -0.39 is 0 Å². The van der Waals surface area contributed by atoms with Crippen molar-refractivity contribution in [2.75, 3.05) is 0 Å². The Morgan fingerprint density at radius 2 is 1.81 bits per heavy atom. The second-order valence-electron chi connectivity index (χ2n) is 6.34. The number of rotatable bonds is 2. The Labute approximate surface area is 134 Å². The summed E-state index contributed by atoms with van der Waals surface area (Å²) in [6, 6.07) is 0. The molecule has 2 aromatic heterocycles. The number of hydrogen-bond acceptors (Lipinski definition) is 4. The Morgan fingerprint density at radius 3 is 2.67 bits per heavy atom. The summed E-state index contributed by atoms with van der Waals surface area (Å²) < 4.78 is 0. The lowest BCUT2D eigenvalue weighted by molar-refractivity contribution is 0.516. The number of hydrogen-bond donors (Lipinski definition) is 0. The third-order valence-electron chi connectivity index (χ3n) is 4.72. The van der Waals surface area contributed by atoms with E-state index in [9.17, 15) is 0 Å². The van der Waals surface area contributed by atoms with E-state index in [2.05, 4.69) is 0 Å². The molecule has 2 nitrogen and oxygen atoms in total. The van der Waals surface area contributed by atoms with Crippen molar-refractivity contribution in [1.82, 2.24) is 9.97 Å². The van der Waals surface area contributed by atoms with Crippen molar-refractivity contribution < 1.29 is 0 Å². The van der Waals surface area contributed by atoms with Crippen molar-refractivity contribution in [2.24, 2.45) is 0 Å². The zero-order valence-electron chi connectivity index (χ0n) is 12.7. The molecule has 2 aromatic rings. The van der Waals surface area contributed by atoms with E-state index in [1.807, 2.05) is 30.0 Å². The molecule has 21 heavy (non-hydrogen) atoms. The maximum atomic E-state index is 4.83. The number of thioether (sulfide) groups is 1. The fourth-order valence-electron chi connectivity index (χ4n) is 3.65. The van der Waals surface area contributed by atoms with Crippen molar-refractivity contribution in [3.63, 3.8) is 0 Å². The van der Waals surface area contributed by atoms with Crippen LogP contribution in [0, 0.1) is 6.92 Å². The number of aryl methyl sites for hydroxylation is 3. The largest absolute Gasteiger partial charge is 0.226 e. The Bertz CT molecular complexity index is 656. The number of nitrogens with zero attached hydrogens (tertiary/aromatic N) is 2. The predicted molar refractivity (Wildman–Crippen MR) is 91.5 cm³/mol. The molecule has 0 spiro atoms. The average molecular weight is 319 g/mol. The minimum Gasteiger partial charge on any atom is -0.226 e. The summed E-state index contributed by atoms with van der Waals surface area (Å²) in [4.78, 5) is 12.4. The van der Waals surface area contributed by atoms with Crippen LogP contribution in [0.2, 0.25) is 0 Å². The van der Waals surface area contributed by atoms with Gasteiger partial charge >= 0.3 is 0 Å². The maximum Gasteiger partial charge on any atom is 0.128 e. The second-order valence-corrected chi connectivity index (χ2v) is 8.72. The van der Waals surface area contributed by atoms with E-state index in [0.29, 0.717) is 0 Å². The molecule has 0 aliphatic heterocycles. The smallest absolute Gasteiger partial charge is 0.128 e. The Morgan fingerprint density at radius 1 is 1.00 bits per heavy atom. The van der Waals surface area contributed by atoms with E-state index in [1.165, 1.54) is 73.0 Å². The quantitative estimate of drug-likeness (QED) is 0.702. The molecule has 112 valence electrons. The van der Waals surface area contributed by atoms with Crippen LogP contribution in [0.5, 0.6) is 0 Å². The monoisotopic (exact) mass is 318 g/mol. The van der Waals surface area contributed by atoms with Gasteiger partial charge in [0.2, 0.25) is 0 Å². The van der Waals surface area contributed by atoms with Crippen molar-refractivity contribution in [2.45, 2.75) is 75.0 Å². The highest BCUT2D eigenvalue weighted by atomic mass is 32.2. The van der Waals surface area contributed by atoms with Gasteiger partial charge in [0.1, 0.15) is 15.7 Å². The molecule has 1 fully saturated rings. The normalized spacial score (nSPS) is 19.9. The second kappa shape index (κ2) is 5.88. The summed E-state index contributed by atoms with van der Waals surface area (Å²) in [6.45, 7) is 2.04. The van der Waals surface area contributed by atoms with Crippen LogP contribution >= 0.6 is 23.1 Å². The van der Waals surface area contributed by atoms with Crippen LogP contribution in [0.3, 0.4) is 0 Å². The lowest BCUT2D eigenvalue weighted by Crippen LogP contribution is -2.09. The van der Waals surface area contributed by atoms with Gasteiger partial charge in [0, 0.05) is 15.5 Å². The number of thiophene rings is 1. The van der Waals surface area contributed by atoms with Gasteiger partial charge in [-0.3, -0.25) is 0 Å². The zero-order chi connectivity index (χ0) is 14.2. The van der Waals surface area contributed by atoms with E-state index in [-0.39, 0.29) is 0 Å². The van der Waals surface area contributed by atoms with Gasteiger partial charge in [-0.15, -0.1) is 23.1 Å². The summed E-state index contributed by atoms with van der Waals surface area (Å²) >= 11 is 3.97. The number of fused-ring (bicyclic) bond motifs is 3. The summed E-state index contributed by atoms with van der Waals surface area (Å²) in [5.74, 6) is 0.944. The lowest BCUT2D eigenvalue weighted by Gasteiger charge is -2.21. The molecule has 0 bridgehead atoms. The minimum atomic E-state index is 0.774. The molecule has 0 aromatic carbocycles. The highest BCUT2D eigenvalue weighted by Crippen LogP contribution is 2.42. The topological polar surface area (TPSA) is 25.8 Å². The minimum absolute atomic E-state index is 0.774. The van der Waals surface area contributed by atoms with E-state index in [0.717, 1.165) is 11.1 Å². The molecule has 0 saturated heterocycles. The van der Waals surface area contributed by atoms with Crippen LogP contribution in [0.1, 0.15) is 61.2 Å². The predicted octanol–water partition coefficient (Wildman–Crippen LogP) is 5.30. The number of aromatic nitrogens is 2. The first kappa shape index (κ1) is 14.0. The van der Waals surface area contributed by atoms with Gasteiger partial charge in [-0.25, -0.2) is 9.97 Å². The van der Waals surface area contributed by atoms with Crippen LogP contribution < -0.4 is 0 Å². The average Bonchev–Trinajstić information content (AvgIpc) is 2.86. The first-order valence-corrected chi connectivity index (χ1v) is 9.96. The molecule has 0 N–H and O–H groups in total. The van der Waals surface area contributed by atoms with Crippen molar-refractivity contribution in [3.05, 3.63) is 16.3 Å². The zero-order valence-corrected chi connectivity index (χ0v) is 14.3. The highest BCUT2D eigenvalue weighted by Gasteiger charge is 2.23. The van der Waals surface area contributed by atoms with Gasteiger partial charge in [-0.05, 0) is 51.0 Å². The molecule has 0 atom stereocenters. The molecular weight excluding hydrogens is 296 g/mol. The molecular formula is C17H22N2S2. The summed E-state index contributed by atoms with van der Waals surface area (Å²) in [7, 11) is 0. The molecule has 2 aliphatic carbocycles. The molecule has 4 heteroatoms. The van der Waals surface area contributed by atoms with Gasteiger partial charge in [0.25, 0.3) is 0 Å². The van der Waals surface area contributed by atoms with Gasteiger partial charge in [-0.1, -0.05) is 19.3 Å². The van der Waals surface area contributed by atoms with E-state index in [1.54, 1.807) is 10.4 Å². The standard InChI is InChI=1S/C17H22N2S2/c1-11-18-16(20-12-7-3-2-4-8-12)15-13-9-5-6-10-14(13)21-17(15)19-11/h12H,2-10H2,1H3. The van der Waals surface area contributed by atoms with E-state index >= 15 is 0 Å². The first-order chi connectivity index (χ1) is 10.3. The molecule has 0 unspecified atom stereocenters.